The zero-order chi connectivity index (χ0) is 9.35. The predicted octanol–water partition coefficient (Wildman–Crippen LogP) is 0.233. The summed E-state index contributed by atoms with van der Waals surface area (Å²) in [5, 5.41) is 11.5. The number of amides is 1. The average Bonchev–Trinajstić information content (AvgIpc) is 2.32. The van der Waals surface area contributed by atoms with Crippen LogP contribution < -0.4 is 5.32 Å². The highest BCUT2D eigenvalue weighted by Crippen LogP contribution is 2.34. The SMILES string of the molecule is CC(C)C1(C(=O)O)CNC(=O)C1. The van der Waals surface area contributed by atoms with Crippen LogP contribution in [0.15, 0.2) is 0 Å². The second-order valence-corrected chi connectivity index (χ2v) is 3.57. The van der Waals surface area contributed by atoms with E-state index in [1.807, 2.05) is 13.8 Å². The van der Waals surface area contributed by atoms with Gasteiger partial charge in [-0.25, -0.2) is 0 Å². The van der Waals surface area contributed by atoms with E-state index in [-0.39, 0.29) is 24.8 Å². The second kappa shape index (κ2) is 2.77. The van der Waals surface area contributed by atoms with Crippen LogP contribution in [-0.2, 0) is 9.59 Å². The molecule has 0 aromatic heterocycles. The van der Waals surface area contributed by atoms with Gasteiger partial charge in [0.2, 0.25) is 5.91 Å². The average molecular weight is 171 g/mol. The van der Waals surface area contributed by atoms with Crippen molar-refractivity contribution >= 4 is 11.9 Å². The fraction of sp³-hybridized carbons (Fsp3) is 0.750. The van der Waals surface area contributed by atoms with Gasteiger partial charge in [-0.1, -0.05) is 13.8 Å². The third kappa shape index (κ3) is 1.17. The first-order valence-corrected chi connectivity index (χ1v) is 3.99. The Kier molecular flexibility index (Phi) is 2.08. The Balaban J connectivity index is 2.89. The van der Waals surface area contributed by atoms with Crippen LogP contribution in [0.3, 0.4) is 0 Å². The van der Waals surface area contributed by atoms with Crippen molar-refractivity contribution < 1.29 is 14.7 Å². The van der Waals surface area contributed by atoms with Crippen molar-refractivity contribution in [2.75, 3.05) is 6.54 Å². The molecule has 1 heterocycles. The molecule has 1 saturated heterocycles. The highest BCUT2D eigenvalue weighted by atomic mass is 16.4. The zero-order valence-corrected chi connectivity index (χ0v) is 7.26. The standard InChI is InChI=1S/C8H13NO3/c1-5(2)8(7(11)12)3-6(10)9-4-8/h5H,3-4H2,1-2H3,(H,9,10)(H,11,12). The first kappa shape index (κ1) is 9.03. The summed E-state index contributed by atoms with van der Waals surface area (Å²) in [5.74, 6) is -1.06. The molecule has 0 bridgehead atoms. The minimum Gasteiger partial charge on any atom is -0.481 e. The van der Waals surface area contributed by atoms with E-state index in [2.05, 4.69) is 5.32 Å². The van der Waals surface area contributed by atoms with Gasteiger partial charge in [0.05, 0.1) is 5.41 Å². The molecule has 0 aromatic carbocycles. The van der Waals surface area contributed by atoms with Gasteiger partial charge in [-0.05, 0) is 5.92 Å². The van der Waals surface area contributed by atoms with Gasteiger partial charge in [0.1, 0.15) is 0 Å². The van der Waals surface area contributed by atoms with Crippen molar-refractivity contribution in [1.29, 1.82) is 0 Å². The van der Waals surface area contributed by atoms with Crippen LogP contribution >= 0.6 is 0 Å². The number of hydrogen-bond acceptors (Lipinski definition) is 2. The normalized spacial score (nSPS) is 29.1. The van der Waals surface area contributed by atoms with Crippen molar-refractivity contribution in [3.63, 3.8) is 0 Å². The van der Waals surface area contributed by atoms with Gasteiger partial charge in [0.15, 0.2) is 0 Å². The molecule has 1 aliphatic heterocycles. The number of aliphatic carboxylic acids is 1. The largest absolute Gasteiger partial charge is 0.481 e. The molecule has 4 heteroatoms. The molecule has 1 aliphatic rings. The summed E-state index contributed by atoms with van der Waals surface area (Å²) in [5.41, 5.74) is -0.878. The molecule has 1 atom stereocenters. The van der Waals surface area contributed by atoms with E-state index in [1.54, 1.807) is 0 Å². The van der Waals surface area contributed by atoms with Gasteiger partial charge in [0, 0.05) is 13.0 Å². The highest BCUT2D eigenvalue weighted by molar-refractivity contribution is 5.89. The van der Waals surface area contributed by atoms with Gasteiger partial charge in [0.25, 0.3) is 0 Å². The zero-order valence-electron chi connectivity index (χ0n) is 7.26. The van der Waals surface area contributed by atoms with Crippen LogP contribution in [-0.4, -0.2) is 23.5 Å². The molecule has 1 amide bonds. The van der Waals surface area contributed by atoms with Gasteiger partial charge in [-0.3, -0.25) is 9.59 Å². The third-order valence-electron chi connectivity index (χ3n) is 2.61. The molecule has 2 N–H and O–H groups in total. The lowest BCUT2D eigenvalue weighted by atomic mass is 9.76. The van der Waals surface area contributed by atoms with Crippen LogP contribution in [0.2, 0.25) is 0 Å². The predicted molar refractivity (Wildman–Crippen MR) is 42.5 cm³/mol. The van der Waals surface area contributed by atoms with Gasteiger partial charge < -0.3 is 10.4 Å². The molecule has 1 unspecified atom stereocenters. The number of carboxylic acid groups (broad SMARTS) is 1. The van der Waals surface area contributed by atoms with Crippen LogP contribution in [0.25, 0.3) is 0 Å². The summed E-state index contributed by atoms with van der Waals surface area (Å²) in [6, 6.07) is 0. The van der Waals surface area contributed by atoms with Crippen molar-refractivity contribution in [3.8, 4) is 0 Å². The van der Waals surface area contributed by atoms with Gasteiger partial charge in [-0.2, -0.15) is 0 Å². The lowest BCUT2D eigenvalue weighted by Gasteiger charge is -2.25. The molecule has 0 aromatic rings. The topological polar surface area (TPSA) is 66.4 Å². The molecule has 1 fully saturated rings. The highest BCUT2D eigenvalue weighted by Gasteiger charge is 2.47. The summed E-state index contributed by atoms with van der Waals surface area (Å²) in [6.07, 6.45) is 0.111. The fourth-order valence-electron chi connectivity index (χ4n) is 1.47. The van der Waals surface area contributed by atoms with Crippen molar-refractivity contribution in [1.82, 2.24) is 5.32 Å². The van der Waals surface area contributed by atoms with Crippen molar-refractivity contribution in [2.24, 2.45) is 11.3 Å². The second-order valence-electron chi connectivity index (χ2n) is 3.57. The smallest absolute Gasteiger partial charge is 0.312 e. The number of rotatable bonds is 2. The van der Waals surface area contributed by atoms with E-state index in [1.165, 1.54) is 0 Å². The number of hydrogen-bond donors (Lipinski definition) is 2. The molecular weight excluding hydrogens is 158 g/mol. The maximum Gasteiger partial charge on any atom is 0.312 e. The van der Waals surface area contributed by atoms with Crippen LogP contribution in [0.4, 0.5) is 0 Å². The summed E-state index contributed by atoms with van der Waals surface area (Å²) >= 11 is 0. The molecule has 4 nitrogen and oxygen atoms in total. The van der Waals surface area contributed by atoms with Crippen molar-refractivity contribution in [3.05, 3.63) is 0 Å². The molecule has 0 saturated carbocycles. The monoisotopic (exact) mass is 171 g/mol. The molecule has 0 radical (unpaired) electrons. The Morgan fingerprint density at radius 2 is 2.25 bits per heavy atom. The van der Waals surface area contributed by atoms with E-state index in [4.69, 9.17) is 5.11 Å². The number of carboxylic acids is 1. The molecule has 0 spiro atoms. The lowest BCUT2D eigenvalue weighted by molar-refractivity contribution is -0.151. The Labute approximate surface area is 71.0 Å². The summed E-state index contributed by atoms with van der Waals surface area (Å²) in [6.45, 7) is 3.92. The van der Waals surface area contributed by atoms with E-state index in [0.717, 1.165) is 0 Å². The van der Waals surface area contributed by atoms with E-state index in [9.17, 15) is 9.59 Å². The number of nitrogens with one attached hydrogen (secondary N) is 1. The molecule has 12 heavy (non-hydrogen) atoms. The molecular formula is C8H13NO3. The Morgan fingerprint density at radius 1 is 1.67 bits per heavy atom. The number of carbonyl (C=O) groups is 2. The molecule has 1 rings (SSSR count). The quantitative estimate of drug-likeness (QED) is 0.625. The van der Waals surface area contributed by atoms with E-state index < -0.39 is 11.4 Å². The first-order chi connectivity index (χ1) is 5.49. The summed E-state index contributed by atoms with van der Waals surface area (Å²) in [7, 11) is 0. The Morgan fingerprint density at radius 3 is 2.42 bits per heavy atom. The molecule has 0 aliphatic carbocycles. The van der Waals surface area contributed by atoms with Crippen LogP contribution in [0, 0.1) is 11.3 Å². The van der Waals surface area contributed by atoms with Crippen LogP contribution in [0.1, 0.15) is 20.3 Å². The van der Waals surface area contributed by atoms with Gasteiger partial charge >= 0.3 is 5.97 Å². The van der Waals surface area contributed by atoms with Crippen LogP contribution in [0.5, 0.6) is 0 Å². The minimum absolute atomic E-state index is 0.0195. The minimum atomic E-state index is -0.879. The van der Waals surface area contributed by atoms with Gasteiger partial charge in [-0.15, -0.1) is 0 Å². The maximum atomic E-state index is 10.9. The maximum absolute atomic E-state index is 10.9. The Hall–Kier alpha value is -1.06. The summed E-state index contributed by atoms with van der Waals surface area (Å²) < 4.78 is 0. The van der Waals surface area contributed by atoms with E-state index in [0.29, 0.717) is 0 Å². The molecule has 68 valence electrons. The number of carbonyl (C=O) groups excluding carboxylic acids is 1. The summed E-state index contributed by atoms with van der Waals surface area (Å²) in [4.78, 5) is 21.8. The lowest BCUT2D eigenvalue weighted by Crippen LogP contribution is -2.38. The third-order valence-corrected chi connectivity index (χ3v) is 2.61. The fourth-order valence-corrected chi connectivity index (χ4v) is 1.47. The van der Waals surface area contributed by atoms with Crippen molar-refractivity contribution in [2.45, 2.75) is 20.3 Å². The van der Waals surface area contributed by atoms with E-state index >= 15 is 0 Å². The Bertz CT molecular complexity index is 224. The first-order valence-electron chi connectivity index (χ1n) is 3.99.